The van der Waals surface area contributed by atoms with E-state index >= 15 is 0 Å². The minimum atomic E-state index is 0.562. The van der Waals surface area contributed by atoms with Gasteiger partial charge in [0.2, 0.25) is 0 Å². The molecule has 0 unspecified atom stereocenters. The van der Waals surface area contributed by atoms with Crippen molar-refractivity contribution in [1.82, 2.24) is 10.2 Å². The van der Waals surface area contributed by atoms with Crippen molar-refractivity contribution in [3.8, 4) is 0 Å². The number of rotatable bonds is 4. The second-order valence-electron chi connectivity index (χ2n) is 6.38. The molecular weight excluding hydrogens is 278 g/mol. The topological polar surface area (TPSA) is 27.3 Å². The fraction of sp³-hybridized carbons (Fsp3) is 0.588. The fourth-order valence-electron chi connectivity index (χ4n) is 2.80. The van der Waals surface area contributed by atoms with Gasteiger partial charge in [-0.1, -0.05) is 26.0 Å². The molecule has 0 saturated carbocycles. The molecule has 0 aromatic heterocycles. The van der Waals surface area contributed by atoms with E-state index < -0.39 is 0 Å². The first-order valence-corrected chi connectivity index (χ1v) is 8.29. The largest absolute Gasteiger partial charge is 0.362 e. The van der Waals surface area contributed by atoms with Crippen molar-refractivity contribution < 1.29 is 0 Å². The zero-order chi connectivity index (χ0) is 15.2. The van der Waals surface area contributed by atoms with Gasteiger partial charge in [0.1, 0.15) is 0 Å². The summed E-state index contributed by atoms with van der Waals surface area (Å²) in [7, 11) is 2.19. The SMILES string of the molecule is CC(C)c1ccc(NC(=S)NC[C@@H]2CCCN(C)C2)cc1. The second kappa shape index (κ2) is 7.76. The number of hydrogen-bond donors (Lipinski definition) is 2. The molecule has 3 nitrogen and oxygen atoms in total. The molecule has 4 heteroatoms. The molecule has 1 saturated heterocycles. The van der Waals surface area contributed by atoms with Gasteiger partial charge in [0, 0.05) is 18.8 Å². The average Bonchev–Trinajstić information content (AvgIpc) is 2.46. The van der Waals surface area contributed by atoms with Crippen LogP contribution >= 0.6 is 12.2 Å². The molecule has 2 rings (SSSR count). The fourth-order valence-corrected chi connectivity index (χ4v) is 3.00. The number of thiocarbonyl (C=S) groups is 1. The number of benzene rings is 1. The summed E-state index contributed by atoms with van der Waals surface area (Å²) < 4.78 is 0. The lowest BCUT2D eigenvalue weighted by molar-refractivity contribution is 0.211. The molecular formula is C17H27N3S. The smallest absolute Gasteiger partial charge is 0.170 e. The number of nitrogens with zero attached hydrogens (tertiary/aromatic N) is 1. The van der Waals surface area contributed by atoms with Crippen LogP contribution in [0.15, 0.2) is 24.3 Å². The summed E-state index contributed by atoms with van der Waals surface area (Å²) in [5, 5.41) is 7.34. The Morgan fingerprint density at radius 3 is 2.67 bits per heavy atom. The number of hydrogen-bond acceptors (Lipinski definition) is 2. The summed E-state index contributed by atoms with van der Waals surface area (Å²) in [5.74, 6) is 1.26. The zero-order valence-corrected chi connectivity index (χ0v) is 14.2. The molecule has 21 heavy (non-hydrogen) atoms. The summed E-state index contributed by atoms with van der Waals surface area (Å²) >= 11 is 5.38. The van der Waals surface area contributed by atoms with E-state index in [1.54, 1.807) is 0 Å². The molecule has 0 aliphatic carbocycles. The lowest BCUT2D eigenvalue weighted by atomic mass is 9.99. The second-order valence-corrected chi connectivity index (χ2v) is 6.79. The quantitative estimate of drug-likeness (QED) is 0.833. The van der Waals surface area contributed by atoms with Gasteiger partial charge in [0.05, 0.1) is 0 Å². The van der Waals surface area contributed by atoms with E-state index in [4.69, 9.17) is 12.2 Å². The van der Waals surface area contributed by atoms with E-state index in [-0.39, 0.29) is 0 Å². The van der Waals surface area contributed by atoms with Gasteiger partial charge in [-0.3, -0.25) is 0 Å². The molecule has 1 atom stereocenters. The number of nitrogens with one attached hydrogen (secondary N) is 2. The van der Waals surface area contributed by atoms with Crippen LogP contribution in [0.3, 0.4) is 0 Å². The summed E-state index contributed by atoms with van der Waals surface area (Å²) in [6, 6.07) is 8.51. The minimum Gasteiger partial charge on any atom is -0.362 e. The van der Waals surface area contributed by atoms with Crippen LogP contribution in [0.5, 0.6) is 0 Å². The highest BCUT2D eigenvalue weighted by Gasteiger charge is 2.16. The van der Waals surface area contributed by atoms with E-state index in [9.17, 15) is 0 Å². The van der Waals surface area contributed by atoms with Crippen molar-refractivity contribution in [3.63, 3.8) is 0 Å². The van der Waals surface area contributed by atoms with Crippen LogP contribution in [0.25, 0.3) is 0 Å². The van der Waals surface area contributed by atoms with Crippen LogP contribution < -0.4 is 10.6 Å². The lowest BCUT2D eigenvalue weighted by Gasteiger charge is -2.30. The van der Waals surface area contributed by atoms with Crippen LogP contribution in [0.4, 0.5) is 5.69 Å². The third-order valence-electron chi connectivity index (χ3n) is 4.11. The van der Waals surface area contributed by atoms with Gasteiger partial charge in [-0.2, -0.15) is 0 Å². The van der Waals surface area contributed by atoms with E-state index in [1.807, 2.05) is 0 Å². The molecule has 1 aromatic carbocycles. The Morgan fingerprint density at radius 2 is 2.05 bits per heavy atom. The Balaban J connectivity index is 1.76. The third-order valence-corrected chi connectivity index (χ3v) is 4.35. The summed E-state index contributed by atoms with van der Waals surface area (Å²) in [6.07, 6.45) is 2.59. The zero-order valence-electron chi connectivity index (χ0n) is 13.4. The van der Waals surface area contributed by atoms with E-state index in [0.29, 0.717) is 11.8 Å². The molecule has 0 spiro atoms. The van der Waals surface area contributed by atoms with Crippen LogP contribution in [0.1, 0.15) is 38.2 Å². The van der Waals surface area contributed by atoms with Gasteiger partial charge in [0.25, 0.3) is 0 Å². The number of likely N-dealkylation sites (tertiary alicyclic amines) is 1. The Morgan fingerprint density at radius 1 is 1.33 bits per heavy atom. The number of piperidine rings is 1. The molecule has 2 N–H and O–H groups in total. The van der Waals surface area contributed by atoms with Crippen molar-refractivity contribution in [2.75, 3.05) is 32.0 Å². The first-order chi connectivity index (χ1) is 10.0. The van der Waals surface area contributed by atoms with Crippen LogP contribution in [0.2, 0.25) is 0 Å². The maximum atomic E-state index is 5.38. The molecule has 1 fully saturated rings. The van der Waals surface area contributed by atoms with Gasteiger partial charge >= 0.3 is 0 Å². The third kappa shape index (κ3) is 5.29. The van der Waals surface area contributed by atoms with Gasteiger partial charge in [0.15, 0.2) is 5.11 Å². The van der Waals surface area contributed by atoms with Gasteiger partial charge in [-0.05, 0) is 68.2 Å². The summed E-state index contributed by atoms with van der Waals surface area (Å²) in [4.78, 5) is 2.40. The van der Waals surface area contributed by atoms with Gasteiger partial charge in [-0.25, -0.2) is 0 Å². The molecule has 116 valence electrons. The van der Waals surface area contributed by atoms with Crippen molar-refractivity contribution in [3.05, 3.63) is 29.8 Å². The molecule has 0 radical (unpaired) electrons. The van der Waals surface area contributed by atoms with Crippen LogP contribution in [0, 0.1) is 5.92 Å². The lowest BCUT2D eigenvalue weighted by Crippen LogP contribution is -2.40. The van der Waals surface area contributed by atoms with E-state index in [0.717, 1.165) is 17.3 Å². The van der Waals surface area contributed by atoms with Crippen molar-refractivity contribution in [1.29, 1.82) is 0 Å². The van der Waals surface area contributed by atoms with Crippen molar-refractivity contribution >= 4 is 23.0 Å². The predicted molar refractivity (Wildman–Crippen MR) is 95.0 cm³/mol. The molecule has 0 bridgehead atoms. The first-order valence-electron chi connectivity index (χ1n) is 7.88. The van der Waals surface area contributed by atoms with E-state index in [2.05, 4.69) is 60.7 Å². The average molecular weight is 305 g/mol. The highest BCUT2D eigenvalue weighted by Crippen LogP contribution is 2.17. The monoisotopic (exact) mass is 305 g/mol. The normalized spacial score (nSPS) is 19.5. The molecule has 0 amide bonds. The highest BCUT2D eigenvalue weighted by molar-refractivity contribution is 7.80. The van der Waals surface area contributed by atoms with Gasteiger partial charge < -0.3 is 15.5 Å². The Bertz CT molecular complexity index is 456. The standard InChI is InChI=1S/C17H27N3S/c1-13(2)15-6-8-16(9-7-15)19-17(21)18-11-14-5-4-10-20(3)12-14/h6-9,13-14H,4-5,10-12H2,1-3H3,(H2,18,19,21)/t14-/m0/s1. The maximum absolute atomic E-state index is 5.38. The summed E-state index contributed by atoms with van der Waals surface area (Å²) in [5.41, 5.74) is 2.40. The van der Waals surface area contributed by atoms with Crippen molar-refractivity contribution in [2.24, 2.45) is 5.92 Å². The Kier molecular flexibility index (Phi) is 6.00. The van der Waals surface area contributed by atoms with Crippen molar-refractivity contribution in [2.45, 2.75) is 32.6 Å². The maximum Gasteiger partial charge on any atom is 0.170 e. The highest BCUT2D eigenvalue weighted by atomic mass is 32.1. The summed E-state index contributed by atoms with van der Waals surface area (Å²) in [6.45, 7) is 7.76. The molecule has 1 aliphatic heterocycles. The van der Waals surface area contributed by atoms with Crippen LogP contribution in [-0.2, 0) is 0 Å². The van der Waals surface area contributed by atoms with E-state index in [1.165, 1.54) is 31.5 Å². The molecule has 1 aliphatic rings. The van der Waals surface area contributed by atoms with Gasteiger partial charge in [-0.15, -0.1) is 0 Å². The Labute approximate surface area is 134 Å². The Hall–Kier alpha value is -1.13. The number of anilines is 1. The molecule has 1 aromatic rings. The van der Waals surface area contributed by atoms with Crippen LogP contribution in [-0.4, -0.2) is 36.7 Å². The first kappa shape index (κ1) is 16.2. The predicted octanol–water partition coefficient (Wildman–Crippen LogP) is 3.44. The minimum absolute atomic E-state index is 0.562. The molecule has 1 heterocycles.